The van der Waals surface area contributed by atoms with Gasteiger partial charge in [0.2, 0.25) is 0 Å². The number of hydrogen-bond acceptors (Lipinski definition) is 6. The smallest absolute Gasteiger partial charge is 0.294 e. The van der Waals surface area contributed by atoms with Crippen LogP contribution in [0.1, 0.15) is 26.7 Å². The summed E-state index contributed by atoms with van der Waals surface area (Å²) in [7, 11) is 0. The molecule has 0 rings (SSSR count). The molecule has 0 heterocycles. The molecule has 0 unspecified atom stereocenters. The maximum atomic E-state index is 10.0. The molecule has 0 N–H and O–H groups in total. The lowest BCUT2D eigenvalue weighted by Gasteiger charge is -2.20. The molecule has 0 aliphatic heterocycles. The second-order valence-corrected chi connectivity index (χ2v) is 2.55. The quantitative estimate of drug-likeness (QED) is 0.455. The van der Waals surface area contributed by atoms with E-state index >= 15 is 0 Å². The molecule has 0 aliphatic rings. The molecule has 0 aliphatic carbocycles. The Hall–Kier alpha value is -1.60. The van der Waals surface area contributed by atoms with Crippen LogP contribution in [0.15, 0.2) is 0 Å². The number of nitrogens with zero attached hydrogens (tertiary/aromatic N) is 2. The van der Waals surface area contributed by atoms with Crippen LogP contribution in [-0.2, 0) is 9.68 Å². The van der Waals surface area contributed by atoms with Crippen LogP contribution in [0.2, 0.25) is 0 Å². The highest BCUT2D eigenvalue weighted by molar-refractivity contribution is 4.64. The van der Waals surface area contributed by atoms with Gasteiger partial charge in [-0.05, 0) is 12.8 Å². The monoisotopic (exact) mass is 208 g/mol. The largest absolute Gasteiger partial charge is 0.308 e. The van der Waals surface area contributed by atoms with Gasteiger partial charge in [-0.2, -0.15) is 0 Å². The highest BCUT2D eigenvalue weighted by atomic mass is 17.0. The second kappa shape index (κ2) is 5.95. The molecule has 0 saturated heterocycles. The van der Waals surface area contributed by atoms with Gasteiger partial charge in [0.05, 0.1) is 0 Å². The van der Waals surface area contributed by atoms with E-state index in [1.807, 2.05) is 0 Å². The first-order valence-corrected chi connectivity index (χ1v) is 4.13. The molecule has 0 aromatic heterocycles. The first-order chi connectivity index (χ1) is 6.51. The van der Waals surface area contributed by atoms with Gasteiger partial charge in [0.25, 0.3) is 10.2 Å². The molecule has 14 heavy (non-hydrogen) atoms. The molecule has 8 heteroatoms. The Morgan fingerprint density at radius 1 is 1.00 bits per heavy atom. The SMILES string of the molecule is CC[C@H](O[N+](=O)[O-])[C@@H](CC)O[N+](=O)[O-]. The molecule has 8 nitrogen and oxygen atoms in total. The third kappa shape index (κ3) is 4.43. The third-order valence-corrected chi connectivity index (χ3v) is 1.66. The van der Waals surface area contributed by atoms with Crippen LogP contribution in [0.5, 0.6) is 0 Å². The van der Waals surface area contributed by atoms with Gasteiger partial charge in [0.15, 0.2) is 0 Å². The van der Waals surface area contributed by atoms with Gasteiger partial charge in [-0.3, -0.25) is 0 Å². The van der Waals surface area contributed by atoms with Crippen molar-refractivity contribution in [3.63, 3.8) is 0 Å². The van der Waals surface area contributed by atoms with Crippen molar-refractivity contribution in [1.82, 2.24) is 0 Å². The number of rotatable bonds is 7. The molecule has 0 bridgehead atoms. The first kappa shape index (κ1) is 12.4. The van der Waals surface area contributed by atoms with Crippen molar-refractivity contribution < 1.29 is 19.8 Å². The summed E-state index contributed by atoms with van der Waals surface area (Å²) in [5.41, 5.74) is 0. The average molecular weight is 208 g/mol. The summed E-state index contributed by atoms with van der Waals surface area (Å²) in [5, 5.41) is 18.1. The maximum Gasteiger partial charge on any atom is 0.294 e. The zero-order valence-corrected chi connectivity index (χ0v) is 7.91. The number of hydrogen-bond donors (Lipinski definition) is 0. The molecule has 0 aromatic carbocycles. The summed E-state index contributed by atoms with van der Waals surface area (Å²) < 4.78 is 0. The van der Waals surface area contributed by atoms with E-state index in [2.05, 4.69) is 9.68 Å². The Kier molecular flexibility index (Phi) is 5.27. The Labute approximate surface area is 80.0 Å². The molecule has 82 valence electrons. The molecule has 0 fully saturated rings. The highest BCUT2D eigenvalue weighted by Crippen LogP contribution is 2.12. The van der Waals surface area contributed by atoms with Crippen LogP contribution in [0, 0.1) is 20.2 Å². The topological polar surface area (TPSA) is 105 Å². The minimum Gasteiger partial charge on any atom is -0.308 e. The Bertz CT molecular complexity index is 186. The highest BCUT2D eigenvalue weighted by Gasteiger charge is 2.25. The van der Waals surface area contributed by atoms with Crippen molar-refractivity contribution in [2.75, 3.05) is 0 Å². The van der Waals surface area contributed by atoms with Crippen molar-refractivity contribution in [3.05, 3.63) is 20.2 Å². The average Bonchev–Trinajstić information content (AvgIpc) is 2.10. The van der Waals surface area contributed by atoms with Crippen LogP contribution in [-0.4, -0.2) is 22.4 Å². The summed E-state index contributed by atoms with van der Waals surface area (Å²) >= 11 is 0. The van der Waals surface area contributed by atoms with E-state index in [0.717, 1.165) is 0 Å². The Morgan fingerprint density at radius 2 is 1.29 bits per heavy atom. The van der Waals surface area contributed by atoms with E-state index in [4.69, 9.17) is 0 Å². The molecular formula is C6H12N2O6. The summed E-state index contributed by atoms with van der Waals surface area (Å²) in [6.07, 6.45) is -1.26. The zero-order valence-electron chi connectivity index (χ0n) is 7.91. The lowest BCUT2D eigenvalue weighted by atomic mass is 10.1. The van der Waals surface area contributed by atoms with Crippen molar-refractivity contribution in [2.24, 2.45) is 0 Å². The van der Waals surface area contributed by atoms with E-state index in [0.29, 0.717) is 0 Å². The van der Waals surface area contributed by atoms with Gasteiger partial charge in [0.1, 0.15) is 12.2 Å². The van der Waals surface area contributed by atoms with Crippen LogP contribution in [0.4, 0.5) is 0 Å². The summed E-state index contributed by atoms with van der Waals surface area (Å²) in [4.78, 5) is 28.6. The predicted molar refractivity (Wildman–Crippen MR) is 44.3 cm³/mol. The van der Waals surface area contributed by atoms with Crippen molar-refractivity contribution in [1.29, 1.82) is 0 Å². The van der Waals surface area contributed by atoms with E-state index in [1.54, 1.807) is 13.8 Å². The van der Waals surface area contributed by atoms with Crippen molar-refractivity contribution in [2.45, 2.75) is 38.9 Å². The van der Waals surface area contributed by atoms with Crippen molar-refractivity contribution >= 4 is 0 Å². The summed E-state index contributed by atoms with van der Waals surface area (Å²) in [6, 6.07) is 0. The van der Waals surface area contributed by atoms with Gasteiger partial charge >= 0.3 is 0 Å². The maximum absolute atomic E-state index is 10.0. The molecule has 0 aromatic rings. The Morgan fingerprint density at radius 3 is 1.43 bits per heavy atom. The fraction of sp³-hybridized carbons (Fsp3) is 1.00. The van der Waals surface area contributed by atoms with Gasteiger partial charge < -0.3 is 9.68 Å². The lowest BCUT2D eigenvalue weighted by molar-refractivity contribution is -0.799. The third-order valence-electron chi connectivity index (χ3n) is 1.66. The second-order valence-electron chi connectivity index (χ2n) is 2.55. The van der Waals surface area contributed by atoms with E-state index in [9.17, 15) is 20.2 Å². The van der Waals surface area contributed by atoms with Gasteiger partial charge in [-0.25, -0.2) is 0 Å². The molecule has 0 saturated carbocycles. The van der Waals surface area contributed by atoms with Gasteiger partial charge in [0, 0.05) is 0 Å². The molecule has 2 atom stereocenters. The lowest BCUT2D eigenvalue weighted by Crippen LogP contribution is -2.34. The van der Waals surface area contributed by atoms with Crippen LogP contribution < -0.4 is 0 Å². The van der Waals surface area contributed by atoms with Crippen LogP contribution in [0.25, 0.3) is 0 Å². The summed E-state index contributed by atoms with van der Waals surface area (Å²) in [5.74, 6) is 0. The van der Waals surface area contributed by atoms with Crippen LogP contribution in [0.3, 0.4) is 0 Å². The standard InChI is InChI=1S/C6H12N2O6/c1-3-5(13-7(9)10)6(4-2)14-8(11)12/h5-6H,3-4H2,1-2H3/t5-,6+. The minimum atomic E-state index is -0.972. The van der Waals surface area contributed by atoms with Crippen molar-refractivity contribution in [3.8, 4) is 0 Å². The van der Waals surface area contributed by atoms with E-state index in [1.165, 1.54) is 0 Å². The molecule has 0 amide bonds. The Balaban J connectivity index is 4.28. The molecular weight excluding hydrogens is 196 g/mol. The summed E-state index contributed by atoms with van der Waals surface area (Å²) in [6.45, 7) is 3.25. The fourth-order valence-corrected chi connectivity index (χ4v) is 1.03. The first-order valence-electron chi connectivity index (χ1n) is 4.13. The van der Waals surface area contributed by atoms with E-state index < -0.39 is 22.4 Å². The van der Waals surface area contributed by atoms with Gasteiger partial charge in [-0.1, -0.05) is 13.8 Å². The fourth-order valence-electron chi connectivity index (χ4n) is 1.03. The predicted octanol–water partition coefficient (Wildman–Crippen LogP) is 0.960. The minimum absolute atomic E-state index is 0.271. The van der Waals surface area contributed by atoms with Crippen LogP contribution >= 0.6 is 0 Å². The normalized spacial score (nSPS) is 14.1. The molecule has 0 radical (unpaired) electrons. The zero-order chi connectivity index (χ0) is 11.1. The van der Waals surface area contributed by atoms with E-state index in [-0.39, 0.29) is 12.8 Å². The molecule has 0 spiro atoms. The van der Waals surface area contributed by atoms with Gasteiger partial charge in [-0.15, -0.1) is 20.2 Å².